The molecule has 3 atom stereocenters. The van der Waals surface area contributed by atoms with E-state index < -0.39 is 24.1 Å². The number of hydrogen-bond donors (Lipinski definition) is 3. The van der Waals surface area contributed by atoms with Crippen LogP contribution in [-0.2, 0) is 4.74 Å². The normalized spacial score (nSPS) is 26.0. The number of rotatable bonds is 3. The fourth-order valence-electron chi connectivity index (χ4n) is 1.90. The van der Waals surface area contributed by atoms with Crippen LogP contribution < -0.4 is 11.4 Å². The molecule has 0 amide bonds. The summed E-state index contributed by atoms with van der Waals surface area (Å²) in [4.78, 5) is 15.2. The van der Waals surface area contributed by atoms with E-state index in [-0.39, 0.29) is 12.4 Å². The Kier molecular flexibility index (Phi) is 3.41. The van der Waals surface area contributed by atoms with Gasteiger partial charge in [-0.05, 0) is 18.9 Å². The van der Waals surface area contributed by atoms with E-state index in [9.17, 15) is 9.90 Å². The molecule has 0 bridgehead atoms. The molecular formula is C10H15N3O4. The van der Waals surface area contributed by atoms with Crippen molar-refractivity contribution in [2.24, 2.45) is 0 Å². The molecule has 1 aromatic rings. The van der Waals surface area contributed by atoms with Gasteiger partial charge in [0.1, 0.15) is 18.1 Å². The number of nitrogen functional groups attached to an aromatic ring is 1. The minimum absolute atomic E-state index is 0.163. The van der Waals surface area contributed by atoms with Crippen LogP contribution in [0.15, 0.2) is 17.1 Å². The lowest BCUT2D eigenvalue weighted by Crippen LogP contribution is -2.31. The first-order valence-corrected chi connectivity index (χ1v) is 5.41. The van der Waals surface area contributed by atoms with Gasteiger partial charge in [0, 0.05) is 6.20 Å². The van der Waals surface area contributed by atoms with E-state index >= 15 is 0 Å². The second-order valence-electron chi connectivity index (χ2n) is 4.00. The fourth-order valence-corrected chi connectivity index (χ4v) is 1.90. The number of nitrogens with two attached hydrogens (primary N) is 1. The molecule has 1 aliphatic rings. The molecule has 0 saturated carbocycles. The van der Waals surface area contributed by atoms with Crippen LogP contribution in [0.1, 0.15) is 19.1 Å². The van der Waals surface area contributed by atoms with Crippen LogP contribution in [0.2, 0.25) is 0 Å². The van der Waals surface area contributed by atoms with Crippen molar-refractivity contribution >= 4 is 5.82 Å². The molecule has 94 valence electrons. The Morgan fingerprint density at radius 1 is 1.65 bits per heavy atom. The molecule has 0 unspecified atom stereocenters. The predicted molar refractivity (Wildman–Crippen MR) is 59.1 cm³/mol. The van der Waals surface area contributed by atoms with Gasteiger partial charge in [0.2, 0.25) is 0 Å². The van der Waals surface area contributed by atoms with Gasteiger partial charge in [-0.25, -0.2) is 4.79 Å². The van der Waals surface area contributed by atoms with Crippen LogP contribution >= 0.6 is 0 Å². The molecule has 2 heterocycles. The van der Waals surface area contributed by atoms with Crippen molar-refractivity contribution in [3.63, 3.8) is 0 Å². The number of ether oxygens (including phenoxy) is 1. The highest BCUT2D eigenvalue weighted by Crippen LogP contribution is 2.28. The summed E-state index contributed by atoms with van der Waals surface area (Å²) in [6, 6.07) is 1.51. The molecular weight excluding hydrogens is 226 g/mol. The molecule has 0 aromatic carbocycles. The molecule has 1 fully saturated rings. The number of aromatic nitrogens is 2. The Morgan fingerprint density at radius 2 is 2.41 bits per heavy atom. The summed E-state index contributed by atoms with van der Waals surface area (Å²) in [5, 5.41) is 18.3. The molecule has 1 aliphatic heterocycles. The molecule has 4 N–H and O–H groups in total. The van der Waals surface area contributed by atoms with Crippen molar-refractivity contribution in [2.75, 3.05) is 12.3 Å². The zero-order chi connectivity index (χ0) is 12.4. The molecule has 0 aliphatic carbocycles. The Hall–Kier alpha value is -1.44. The van der Waals surface area contributed by atoms with E-state index in [4.69, 9.17) is 15.6 Å². The Labute approximate surface area is 97.5 Å². The SMILES string of the molecule is Nc1ccn([C@@H]2CC[C@@H]([C@H](O)CO)O2)c(=O)n1. The van der Waals surface area contributed by atoms with Crippen molar-refractivity contribution in [1.29, 1.82) is 0 Å². The maximum atomic E-state index is 11.6. The highest BCUT2D eigenvalue weighted by molar-refractivity contribution is 5.23. The van der Waals surface area contributed by atoms with Crippen molar-refractivity contribution < 1.29 is 14.9 Å². The van der Waals surface area contributed by atoms with Gasteiger partial charge >= 0.3 is 5.69 Å². The third kappa shape index (κ3) is 2.46. The molecule has 7 heteroatoms. The van der Waals surface area contributed by atoms with Crippen LogP contribution in [0.5, 0.6) is 0 Å². The van der Waals surface area contributed by atoms with Gasteiger partial charge in [-0.15, -0.1) is 0 Å². The average molecular weight is 241 g/mol. The van der Waals surface area contributed by atoms with Crippen LogP contribution in [0.25, 0.3) is 0 Å². The van der Waals surface area contributed by atoms with Crippen LogP contribution in [0.3, 0.4) is 0 Å². The van der Waals surface area contributed by atoms with Gasteiger partial charge in [0.05, 0.1) is 12.7 Å². The highest BCUT2D eigenvalue weighted by atomic mass is 16.5. The van der Waals surface area contributed by atoms with E-state index in [2.05, 4.69) is 4.98 Å². The summed E-state index contributed by atoms with van der Waals surface area (Å²) in [5.74, 6) is 0.163. The number of aliphatic hydroxyl groups is 2. The summed E-state index contributed by atoms with van der Waals surface area (Å²) in [7, 11) is 0. The molecule has 7 nitrogen and oxygen atoms in total. The monoisotopic (exact) mass is 241 g/mol. The van der Waals surface area contributed by atoms with Crippen LogP contribution in [0.4, 0.5) is 5.82 Å². The molecule has 2 rings (SSSR count). The van der Waals surface area contributed by atoms with Gasteiger partial charge in [-0.2, -0.15) is 4.98 Å². The Bertz CT molecular complexity index is 447. The Balaban J connectivity index is 2.12. The van der Waals surface area contributed by atoms with Crippen molar-refractivity contribution in [3.05, 3.63) is 22.7 Å². The molecule has 17 heavy (non-hydrogen) atoms. The summed E-state index contributed by atoms with van der Waals surface area (Å²) in [6.07, 6.45) is 0.869. The molecule has 1 saturated heterocycles. The maximum absolute atomic E-state index is 11.6. The minimum atomic E-state index is -0.919. The number of hydrogen-bond acceptors (Lipinski definition) is 6. The standard InChI is InChI=1S/C10H15N3O4/c11-8-3-4-13(10(16)12-8)9-2-1-7(17-9)6(15)5-14/h3-4,6-7,9,14-15H,1-2,5H2,(H2,11,12,16)/t6-,7+,9+/m1/s1. The first-order chi connectivity index (χ1) is 8.11. The van der Waals surface area contributed by atoms with Gasteiger partial charge in [0.25, 0.3) is 0 Å². The fraction of sp³-hybridized carbons (Fsp3) is 0.600. The second kappa shape index (κ2) is 4.82. The number of anilines is 1. The van der Waals surface area contributed by atoms with Gasteiger partial charge in [-0.1, -0.05) is 0 Å². The smallest absolute Gasteiger partial charge is 0.351 e. The molecule has 1 aromatic heterocycles. The van der Waals surface area contributed by atoms with Crippen molar-refractivity contribution in [2.45, 2.75) is 31.3 Å². The zero-order valence-corrected chi connectivity index (χ0v) is 9.19. The summed E-state index contributed by atoms with van der Waals surface area (Å²) in [6.45, 7) is -0.355. The van der Waals surface area contributed by atoms with E-state index in [1.54, 1.807) is 0 Å². The van der Waals surface area contributed by atoms with E-state index in [1.807, 2.05) is 0 Å². The van der Waals surface area contributed by atoms with E-state index in [0.29, 0.717) is 12.8 Å². The van der Waals surface area contributed by atoms with Gasteiger partial charge in [-0.3, -0.25) is 4.57 Å². The summed E-state index contributed by atoms with van der Waals surface area (Å²) >= 11 is 0. The lowest BCUT2D eigenvalue weighted by atomic mass is 10.1. The van der Waals surface area contributed by atoms with Crippen LogP contribution in [0, 0.1) is 0 Å². The van der Waals surface area contributed by atoms with Crippen molar-refractivity contribution in [1.82, 2.24) is 9.55 Å². The molecule has 0 spiro atoms. The summed E-state index contributed by atoms with van der Waals surface area (Å²) in [5.41, 5.74) is 4.91. The lowest BCUT2D eigenvalue weighted by molar-refractivity contribution is -0.0751. The zero-order valence-electron chi connectivity index (χ0n) is 9.19. The quantitative estimate of drug-likeness (QED) is 0.616. The average Bonchev–Trinajstić information content (AvgIpc) is 2.77. The highest BCUT2D eigenvalue weighted by Gasteiger charge is 2.31. The minimum Gasteiger partial charge on any atom is -0.394 e. The van der Waals surface area contributed by atoms with E-state index in [0.717, 1.165) is 0 Å². The van der Waals surface area contributed by atoms with Gasteiger partial charge in [0.15, 0.2) is 0 Å². The number of aliphatic hydroxyl groups excluding tert-OH is 2. The molecule has 0 radical (unpaired) electrons. The predicted octanol–water partition coefficient (Wildman–Crippen LogP) is -1.14. The largest absolute Gasteiger partial charge is 0.394 e. The van der Waals surface area contributed by atoms with Crippen molar-refractivity contribution in [3.8, 4) is 0 Å². The first-order valence-electron chi connectivity index (χ1n) is 5.41. The topological polar surface area (TPSA) is 111 Å². The van der Waals surface area contributed by atoms with E-state index in [1.165, 1.54) is 16.8 Å². The first kappa shape index (κ1) is 12.0. The maximum Gasteiger partial charge on any atom is 0.351 e. The van der Waals surface area contributed by atoms with Crippen LogP contribution in [-0.4, -0.2) is 38.6 Å². The number of nitrogens with zero attached hydrogens (tertiary/aromatic N) is 2. The third-order valence-corrected chi connectivity index (χ3v) is 2.81. The summed E-state index contributed by atoms with van der Waals surface area (Å²) < 4.78 is 6.83. The Morgan fingerprint density at radius 3 is 3.06 bits per heavy atom. The third-order valence-electron chi connectivity index (χ3n) is 2.81. The lowest BCUT2D eigenvalue weighted by Gasteiger charge is -2.18. The van der Waals surface area contributed by atoms with Gasteiger partial charge < -0.3 is 20.7 Å². The second-order valence-corrected chi connectivity index (χ2v) is 4.00.